The topological polar surface area (TPSA) is 134 Å². The van der Waals surface area contributed by atoms with Crippen LogP contribution in [0.15, 0.2) is 42.9 Å². The molecule has 4 rings (SSSR count). The van der Waals surface area contributed by atoms with Crippen molar-refractivity contribution in [1.29, 1.82) is 0 Å². The number of amides is 2. The maximum atomic E-state index is 13.1. The molecule has 3 aromatic rings. The number of nitrogens with one attached hydrogen (secondary N) is 2. The number of benzene rings is 1. The van der Waals surface area contributed by atoms with Crippen LogP contribution in [0.5, 0.6) is 0 Å². The van der Waals surface area contributed by atoms with Gasteiger partial charge < -0.3 is 26.2 Å². The fraction of sp³-hybridized carbons (Fsp3) is 0.423. The highest BCUT2D eigenvalue weighted by Crippen LogP contribution is 2.27. The molecule has 11 heteroatoms. The van der Waals surface area contributed by atoms with Crippen molar-refractivity contribution in [2.45, 2.75) is 45.7 Å². The minimum absolute atomic E-state index is 0.0346. The molecule has 37 heavy (non-hydrogen) atoms. The molecule has 0 bridgehead atoms. The van der Waals surface area contributed by atoms with Gasteiger partial charge in [-0.1, -0.05) is 0 Å². The van der Waals surface area contributed by atoms with Crippen molar-refractivity contribution >= 4 is 34.8 Å². The molecule has 0 saturated carbocycles. The van der Waals surface area contributed by atoms with Crippen LogP contribution in [0, 0.1) is 0 Å². The van der Waals surface area contributed by atoms with Gasteiger partial charge in [-0.25, -0.2) is 9.97 Å². The monoisotopic (exact) mass is 505 g/mol. The molecule has 1 saturated heterocycles. The van der Waals surface area contributed by atoms with E-state index >= 15 is 0 Å². The summed E-state index contributed by atoms with van der Waals surface area (Å²) in [6.07, 6.45) is 6.68. The summed E-state index contributed by atoms with van der Waals surface area (Å²) < 4.78 is 1.64. The fourth-order valence-electron chi connectivity index (χ4n) is 4.73. The molecule has 1 aliphatic rings. The number of aryl methyl sites for hydroxylation is 1. The summed E-state index contributed by atoms with van der Waals surface area (Å²) in [5.74, 6) is 0.101. The third-order valence-electron chi connectivity index (χ3n) is 6.82. The van der Waals surface area contributed by atoms with Gasteiger partial charge in [0.25, 0.3) is 11.8 Å². The summed E-state index contributed by atoms with van der Waals surface area (Å²) in [5, 5.41) is 10.4. The molecule has 2 aromatic heterocycles. The Morgan fingerprint density at radius 2 is 1.89 bits per heavy atom. The number of piperidine rings is 1. The third kappa shape index (κ3) is 5.82. The van der Waals surface area contributed by atoms with Crippen molar-refractivity contribution in [1.82, 2.24) is 25.1 Å². The molecule has 2 atom stereocenters. The standard InChI is InChI=1S/C26H35N9O2/c1-5-34(6-2)20-11-9-18(10-12-20)26(37)31-21-8-7-13-35(17(21)3)22-15-28-23(24(27)36)25(32-22)30-19-14-29-33(4)16-19/h9-12,14-17,21H,5-8,13H2,1-4H3,(H2,27,36)(H,30,32)(H,31,37)/t17-,21-/m1/s1. The molecule has 2 amide bonds. The molecule has 196 valence electrons. The molecule has 0 spiro atoms. The zero-order valence-electron chi connectivity index (χ0n) is 21.8. The van der Waals surface area contributed by atoms with Crippen LogP contribution in [0.3, 0.4) is 0 Å². The lowest BCUT2D eigenvalue weighted by Gasteiger charge is -2.40. The van der Waals surface area contributed by atoms with Crippen molar-refractivity contribution in [3.05, 3.63) is 54.1 Å². The second-order valence-corrected chi connectivity index (χ2v) is 9.19. The molecule has 0 aliphatic carbocycles. The number of nitrogens with two attached hydrogens (primary N) is 1. The summed E-state index contributed by atoms with van der Waals surface area (Å²) >= 11 is 0. The summed E-state index contributed by atoms with van der Waals surface area (Å²) in [4.78, 5) is 38.4. The normalized spacial score (nSPS) is 17.4. The summed E-state index contributed by atoms with van der Waals surface area (Å²) in [6, 6.07) is 7.62. The fourth-order valence-corrected chi connectivity index (χ4v) is 4.73. The zero-order valence-corrected chi connectivity index (χ0v) is 21.8. The van der Waals surface area contributed by atoms with E-state index in [2.05, 4.69) is 56.3 Å². The van der Waals surface area contributed by atoms with Crippen LogP contribution in [0.25, 0.3) is 0 Å². The molecular formula is C26H35N9O2. The molecule has 0 radical (unpaired) electrons. The highest BCUT2D eigenvalue weighted by molar-refractivity contribution is 5.96. The van der Waals surface area contributed by atoms with Crippen molar-refractivity contribution in [3.8, 4) is 0 Å². The molecule has 3 heterocycles. The first kappa shape index (κ1) is 25.9. The van der Waals surface area contributed by atoms with Crippen LogP contribution in [-0.2, 0) is 7.05 Å². The van der Waals surface area contributed by atoms with Crippen LogP contribution >= 0.6 is 0 Å². The van der Waals surface area contributed by atoms with Crippen LogP contribution in [0.2, 0.25) is 0 Å². The average Bonchev–Trinajstić information content (AvgIpc) is 3.30. The van der Waals surface area contributed by atoms with Gasteiger partial charge in [0, 0.05) is 56.2 Å². The SMILES string of the molecule is CCN(CC)c1ccc(C(=O)N[C@@H]2CCCN(c3cnc(C(N)=O)c(Nc4cnn(C)c4)n3)[C@@H]2C)cc1. The largest absolute Gasteiger partial charge is 0.372 e. The Kier molecular flexibility index (Phi) is 7.90. The maximum absolute atomic E-state index is 13.1. The Morgan fingerprint density at radius 3 is 2.51 bits per heavy atom. The average molecular weight is 506 g/mol. The molecule has 1 aliphatic heterocycles. The van der Waals surface area contributed by atoms with Gasteiger partial charge in [0.2, 0.25) is 0 Å². The van der Waals surface area contributed by atoms with Crippen molar-refractivity contribution < 1.29 is 9.59 Å². The van der Waals surface area contributed by atoms with Gasteiger partial charge >= 0.3 is 0 Å². The van der Waals surface area contributed by atoms with E-state index in [4.69, 9.17) is 5.73 Å². The number of hydrogen-bond acceptors (Lipinski definition) is 8. The van der Waals surface area contributed by atoms with E-state index < -0.39 is 5.91 Å². The Morgan fingerprint density at radius 1 is 1.16 bits per heavy atom. The lowest BCUT2D eigenvalue weighted by molar-refractivity contribution is 0.0923. The lowest BCUT2D eigenvalue weighted by atomic mass is 9.97. The number of rotatable bonds is 9. The second kappa shape index (κ2) is 11.3. The number of nitrogens with zero attached hydrogens (tertiary/aromatic N) is 6. The van der Waals surface area contributed by atoms with Gasteiger partial charge in [-0.3, -0.25) is 14.3 Å². The molecular weight excluding hydrogens is 470 g/mol. The smallest absolute Gasteiger partial charge is 0.271 e. The molecule has 4 N–H and O–H groups in total. The van der Waals surface area contributed by atoms with Gasteiger partial charge in [-0.2, -0.15) is 5.10 Å². The van der Waals surface area contributed by atoms with Gasteiger partial charge in [0.05, 0.1) is 18.1 Å². The minimum Gasteiger partial charge on any atom is -0.372 e. The summed E-state index contributed by atoms with van der Waals surface area (Å²) in [5.41, 5.74) is 7.99. The van der Waals surface area contributed by atoms with E-state index in [0.717, 1.165) is 38.2 Å². The first-order valence-corrected chi connectivity index (χ1v) is 12.7. The molecule has 1 fully saturated rings. The van der Waals surface area contributed by atoms with Crippen molar-refractivity contribution in [2.75, 3.05) is 34.8 Å². The van der Waals surface area contributed by atoms with Crippen molar-refractivity contribution in [3.63, 3.8) is 0 Å². The van der Waals surface area contributed by atoms with Gasteiger partial charge in [-0.05, 0) is 57.9 Å². The predicted octanol–water partition coefficient (Wildman–Crippen LogP) is 2.69. The maximum Gasteiger partial charge on any atom is 0.271 e. The zero-order chi connectivity index (χ0) is 26.5. The Bertz CT molecular complexity index is 1240. The highest BCUT2D eigenvalue weighted by Gasteiger charge is 2.31. The van der Waals surface area contributed by atoms with Gasteiger partial charge in [0.15, 0.2) is 11.5 Å². The van der Waals surface area contributed by atoms with Crippen LogP contribution in [0.4, 0.5) is 23.0 Å². The van der Waals surface area contributed by atoms with E-state index in [9.17, 15) is 9.59 Å². The van der Waals surface area contributed by atoms with Crippen LogP contribution in [-0.4, -0.2) is 63.3 Å². The molecule has 0 unspecified atom stereocenters. The molecule has 1 aromatic carbocycles. The number of anilines is 4. The summed E-state index contributed by atoms with van der Waals surface area (Å²) in [7, 11) is 1.80. The van der Waals surface area contributed by atoms with Crippen molar-refractivity contribution in [2.24, 2.45) is 12.8 Å². The number of carbonyl (C=O) groups excluding carboxylic acids is 2. The van der Waals surface area contributed by atoms with Crippen LogP contribution < -0.4 is 26.2 Å². The first-order valence-electron chi connectivity index (χ1n) is 12.7. The van der Waals surface area contributed by atoms with Gasteiger partial charge in [-0.15, -0.1) is 0 Å². The number of carbonyl (C=O) groups is 2. The van der Waals surface area contributed by atoms with E-state index in [0.29, 0.717) is 17.1 Å². The third-order valence-corrected chi connectivity index (χ3v) is 6.82. The van der Waals surface area contributed by atoms with E-state index in [1.165, 1.54) is 0 Å². The summed E-state index contributed by atoms with van der Waals surface area (Å²) in [6.45, 7) is 8.88. The predicted molar refractivity (Wildman–Crippen MR) is 144 cm³/mol. The van der Waals surface area contributed by atoms with Gasteiger partial charge in [0.1, 0.15) is 5.82 Å². The van der Waals surface area contributed by atoms with E-state index in [1.54, 1.807) is 30.3 Å². The number of aromatic nitrogens is 4. The van der Waals surface area contributed by atoms with E-state index in [-0.39, 0.29) is 29.5 Å². The Labute approximate surface area is 217 Å². The Balaban J connectivity index is 1.49. The second-order valence-electron chi connectivity index (χ2n) is 9.19. The first-order chi connectivity index (χ1) is 17.8. The Hall–Kier alpha value is -4.15. The highest BCUT2D eigenvalue weighted by atomic mass is 16.2. The molecule has 11 nitrogen and oxygen atoms in total. The van der Waals surface area contributed by atoms with Crippen LogP contribution in [0.1, 0.15) is 54.5 Å². The van der Waals surface area contributed by atoms with E-state index in [1.807, 2.05) is 24.3 Å². The number of primary amides is 1. The lowest BCUT2D eigenvalue weighted by Crippen LogP contribution is -2.54. The number of hydrogen-bond donors (Lipinski definition) is 3. The quantitative estimate of drug-likeness (QED) is 0.404. The minimum atomic E-state index is -0.672.